The van der Waals surface area contributed by atoms with Crippen LogP contribution >= 0.6 is 0 Å². The van der Waals surface area contributed by atoms with Crippen LogP contribution in [0.5, 0.6) is 0 Å². The van der Waals surface area contributed by atoms with Crippen LogP contribution in [0.15, 0.2) is 182 Å². The minimum absolute atomic E-state index is 0.313. The normalized spacial score (nSPS) is 12.5. The molecule has 4 heteroatoms. The topological polar surface area (TPSA) is 43.0 Å². The van der Waals surface area contributed by atoms with Crippen molar-refractivity contribution >= 4 is 16.5 Å². The maximum Gasteiger partial charge on any atom is 0.195 e. The maximum absolute atomic E-state index is 7.98. The molecule has 7 aromatic carbocycles. The average molecular weight is 729 g/mol. The summed E-state index contributed by atoms with van der Waals surface area (Å²) in [5.41, 5.74) is 16.6. The Bertz CT molecular complexity index is 3020. The number of benzene rings is 7. The number of hydrogen-bond donors (Lipinski definition) is 0. The van der Waals surface area contributed by atoms with Crippen LogP contribution in [-0.2, 0) is 5.41 Å². The summed E-state index contributed by atoms with van der Waals surface area (Å²) in [7, 11) is 0. The van der Waals surface area contributed by atoms with E-state index in [4.69, 9.17) is 16.5 Å². The molecular formula is C53H36N4. The van der Waals surface area contributed by atoms with Crippen LogP contribution in [0, 0.1) is 6.57 Å². The van der Waals surface area contributed by atoms with Gasteiger partial charge < -0.3 is 0 Å². The molecule has 0 saturated carbocycles. The van der Waals surface area contributed by atoms with E-state index < -0.39 is 0 Å². The van der Waals surface area contributed by atoms with Crippen LogP contribution < -0.4 is 0 Å². The predicted octanol–water partition coefficient (Wildman–Crippen LogP) is 13.9. The van der Waals surface area contributed by atoms with Gasteiger partial charge in [-0.05, 0) is 97.2 Å². The van der Waals surface area contributed by atoms with Gasteiger partial charge in [0.25, 0.3) is 0 Å². The highest BCUT2D eigenvalue weighted by atomic mass is 14.9. The molecule has 2 heterocycles. The van der Waals surface area contributed by atoms with Crippen molar-refractivity contribution in [3.8, 4) is 78.4 Å². The summed E-state index contributed by atoms with van der Waals surface area (Å²) in [6.45, 7) is 12.6. The molecule has 1 aliphatic rings. The van der Waals surface area contributed by atoms with E-state index in [9.17, 15) is 0 Å². The number of pyridine rings is 1. The lowest BCUT2D eigenvalue weighted by Gasteiger charge is -2.24. The Balaban J connectivity index is 1.13. The molecule has 0 unspecified atom stereocenters. The Hall–Kier alpha value is -7.48. The monoisotopic (exact) mass is 728 g/mol. The van der Waals surface area contributed by atoms with Crippen LogP contribution in [0.3, 0.4) is 0 Å². The second-order valence-corrected chi connectivity index (χ2v) is 15.2. The van der Waals surface area contributed by atoms with Gasteiger partial charge in [0.1, 0.15) is 0 Å². The van der Waals surface area contributed by atoms with Crippen LogP contribution in [0.25, 0.3) is 94.0 Å². The van der Waals surface area contributed by atoms with Gasteiger partial charge in [0.05, 0.1) is 18.0 Å². The highest BCUT2D eigenvalue weighted by Gasteiger charge is 2.37. The molecule has 0 atom stereocenters. The molecule has 0 N–H and O–H groups in total. The Morgan fingerprint density at radius 1 is 0.474 bits per heavy atom. The summed E-state index contributed by atoms with van der Waals surface area (Å²) >= 11 is 0. The van der Waals surface area contributed by atoms with E-state index in [0.29, 0.717) is 11.5 Å². The lowest BCUT2D eigenvalue weighted by Crippen LogP contribution is -2.15. The maximum atomic E-state index is 7.98. The number of rotatable bonds is 6. The van der Waals surface area contributed by atoms with Crippen molar-refractivity contribution in [1.29, 1.82) is 0 Å². The fourth-order valence-electron chi connectivity index (χ4n) is 8.50. The van der Waals surface area contributed by atoms with Crippen molar-refractivity contribution in [3.05, 3.63) is 205 Å². The lowest BCUT2D eigenvalue weighted by molar-refractivity contribution is 0.666. The van der Waals surface area contributed by atoms with Gasteiger partial charge in [0, 0.05) is 40.1 Å². The van der Waals surface area contributed by atoms with Gasteiger partial charge in [0.2, 0.25) is 0 Å². The van der Waals surface area contributed by atoms with E-state index in [1.54, 1.807) is 0 Å². The van der Waals surface area contributed by atoms with Crippen molar-refractivity contribution in [1.82, 2.24) is 15.0 Å². The van der Waals surface area contributed by atoms with E-state index in [-0.39, 0.29) is 5.41 Å². The quantitative estimate of drug-likeness (QED) is 0.160. The third kappa shape index (κ3) is 5.98. The highest BCUT2D eigenvalue weighted by Crippen LogP contribution is 2.54. The molecule has 0 aliphatic heterocycles. The van der Waals surface area contributed by atoms with Crippen LogP contribution in [0.2, 0.25) is 0 Å². The van der Waals surface area contributed by atoms with Gasteiger partial charge in [-0.3, -0.25) is 4.98 Å². The molecule has 4 nitrogen and oxygen atoms in total. The second-order valence-electron chi connectivity index (χ2n) is 15.2. The molecule has 0 saturated heterocycles. The van der Waals surface area contributed by atoms with Gasteiger partial charge in [-0.25, -0.2) is 14.8 Å². The molecule has 0 amide bonds. The molecule has 1 aliphatic carbocycles. The largest absolute Gasteiger partial charge is 0.264 e. The van der Waals surface area contributed by atoms with Crippen LogP contribution in [0.4, 0.5) is 5.69 Å². The number of aromatic nitrogens is 3. The van der Waals surface area contributed by atoms with E-state index >= 15 is 0 Å². The Morgan fingerprint density at radius 3 is 1.81 bits per heavy atom. The molecule has 0 fully saturated rings. The van der Waals surface area contributed by atoms with Gasteiger partial charge in [0.15, 0.2) is 11.5 Å². The zero-order chi connectivity index (χ0) is 38.5. The van der Waals surface area contributed by atoms with Crippen molar-refractivity contribution in [2.24, 2.45) is 0 Å². The van der Waals surface area contributed by atoms with Crippen molar-refractivity contribution in [2.75, 3.05) is 0 Å². The first-order chi connectivity index (χ1) is 27.9. The molecule has 268 valence electrons. The Morgan fingerprint density at radius 2 is 1.09 bits per heavy atom. The number of hydrogen-bond acceptors (Lipinski definition) is 3. The van der Waals surface area contributed by atoms with E-state index in [0.717, 1.165) is 66.7 Å². The standard InChI is InChI=1S/C53H36N4/c1-53(2)46-31-39(24-25-44(46)45-26-23-37-16-10-18-47(54-3)50(37)51(45)53)41-28-42(40-17-11-27-55-33-40)30-43(29-41)49-32-48(56-52(57-49)38-14-8-5-9-15-38)36-21-19-35(20-22-36)34-12-6-4-7-13-34/h4-33H,1-2H3. The Kier molecular flexibility index (Phi) is 8.17. The first kappa shape index (κ1) is 34.0. The molecule has 0 radical (unpaired) electrons. The fourth-order valence-corrected chi connectivity index (χ4v) is 8.50. The zero-order valence-corrected chi connectivity index (χ0v) is 31.6. The molecule has 0 spiro atoms. The summed E-state index contributed by atoms with van der Waals surface area (Å²) in [6.07, 6.45) is 3.73. The molecule has 10 rings (SSSR count). The van der Waals surface area contributed by atoms with E-state index in [1.807, 2.05) is 54.9 Å². The van der Waals surface area contributed by atoms with Crippen molar-refractivity contribution in [3.63, 3.8) is 0 Å². The minimum Gasteiger partial charge on any atom is -0.264 e. The third-order valence-electron chi connectivity index (χ3n) is 11.4. The van der Waals surface area contributed by atoms with Crippen LogP contribution in [0.1, 0.15) is 25.0 Å². The van der Waals surface area contributed by atoms with Crippen molar-refractivity contribution in [2.45, 2.75) is 19.3 Å². The highest BCUT2D eigenvalue weighted by molar-refractivity contribution is 6.04. The van der Waals surface area contributed by atoms with E-state index in [1.165, 1.54) is 27.8 Å². The molecule has 0 bridgehead atoms. The van der Waals surface area contributed by atoms with Gasteiger partial charge >= 0.3 is 0 Å². The van der Waals surface area contributed by atoms with Gasteiger partial charge in [-0.2, -0.15) is 0 Å². The summed E-state index contributed by atoms with van der Waals surface area (Å²) in [6, 6.07) is 59.4. The lowest BCUT2D eigenvalue weighted by atomic mass is 9.79. The SMILES string of the molecule is [C-]#[N+]c1cccc2ccc3c(c12)C(C)(C)c1cc(-c2cc(-c4cccnc4)cc(-c4cc(-c5ccc(-c6ccccc6)cc5)nc(-c5ccccc5)n4)c2)ccc1-3. The fraction of sp³-hybridized carbons (Fsp3) is 0.0566. The summed E-state index contributed by atoms with van der Waals surface area (Å²) in [5, 5.41) is 2.15. The predicted molar refractivity (Wildman–Crippen MR) is 234 cm³/mol. The first-order valence-electron chi connectivity index (χ1n) is 19.2. The first-order valence-corrected chi connectivity index (χ1v) is 19.2. The molecule has 57 heavy (non-hydrogen) atoms. The Labute approximate surface area is 332 Å². The summed E-state index contributed by atoms with van der Waals surface area (Å²) in [4.78, 5) is 18.8. The molecule has 9 aromatic rings. The smallest absolute Gasteiger partial charge is 0.195 e. The number of nitrogens with zero attached hydrogens (tertiary/aromatic N) is 4. The minimum atomic E-state index is -0.313. The van der Waals surface area contributed by atoms with Gasteiger partial charge in [-0.1, -0.05) is 147 Å². The van der Waals surface area contributed by atoms with Crippen molar-refractivity contribution < 1.29 is 0 Å². The van der Waals surface area contributed by atoms with Gasteiger partial charge in [-0.15, -0.1) is 0 Å². The molecule has 2 aromatic heterocycles. The zero-order valence-electron chi connectivity index (χ0n) is 31.6. The summed E-state index contributed by atoms with van der Waals surface area (Å²) in [5.74, 6) is 0.673. The molecular weight excluding hydrogens is 693 g/mol. The third-order valence-corrected chi connectivity index (χ3v) is 11.4. The average Bonchev–Trinajstić information content (AvgIpc) is 3.52. The van der Waals surface area contributed by atoms with E-state index in [2.05, 4.69) is 151 Å². The van der Waals surface area contributed by atoms with Crippen LogP contribution in [-0.4, -0.2) is 15.0 Å². The second kappa shape index (κ2) is 13.7. The number of fused-ring (bicyclic) bond motifs is 5. The summed E-state index contributed by atoms with van der Waals surface area (Å²) < 4.78 is 0.